The summed E-state index contributed by atoms with van der Waals surface area (Å²) in [6.45, 7) is 3.27. The summed E-state index contributed by atoms with van der Waals surface area (Å²) >= 11 is 9.87. The van der Waals surface area contributed by atoms with Crippen molar-refractivity contribution < 1.29 is 51.4 Å². The molecule has 1 rings (SSSR count). The summed E-state index contributed by atoms with van der Waals surface area (Å²) in [4.78, 5) is 2.15. The molecule has 1 fully saturated rings. The molecule has 0 radical (unpaired) electrons. The average Bonchev–Trinajstić information content (AvgIpc) is 1.88. The number of rotatable bonds is 0. The summed E-state index contributed by atoms with van der Waals surface area (Å²) in [6.07, 6.45) is 3.83. The molecule has 0 spiro atoms. The Bertz CT molecular complexity index is 140. The van der Waals surface area contributed by atoms with Crippen LogP contribution in [0.25, 0.3) is 0 Å². The van der Waals surface area contributed by atoms with Gasteiger partial charge in [0.05, 0.1) is 0 Å². The van der Waals surface area contributed by atoms with Crippen molar-refractivity contribution >= 4 is 29.2 Å². The van der Waals surface area contributed by atoms with Gasteiger partial charge in [0.2, 0.25) is 0 Å². The molecule has 0 aromatic heterocycles. The molecular formula is C7H12KNS2. The minimum atomic E-state index is 0. The molecule has 0 bridgehead atoms. The molecule has 1 aliphatic heterocycles. The molecule has 11 heavy (non-hydrogen) atoms. The molecule has 0 aromatic carbocycles. The Morgan fingerprint density at radius 2 is 2.18 bits per heavy atom. The maximum Gasteiger partial charge on any atom is 1.00 e. The standard InChI is InChI=1S/C7H13NS2.K/c1-6-4-2-3-5-8(6)7(9)10;/h6H,2-5H2,1H3,(H,9,10);/q;+1/p-1. The Hall–Kier alpha value is 1.75. The van der Waals surface area contributed by atoms with Crippen LogP contribution in [0.2, 0.25) is 0 Å². The number of likely N-dealkylation sites (tertiary alicyclic amines) is 1. The first-order valence-electron chi connectivity index (χ1n) is 3.69. The molecule has 0 aliphatic carbocycles. The largest absolute Gasteiger partial charge is 1.00 e. The van der Waals surface area contributed by atoms with Crippen molar-refractivity contribution in [1.29, 1.82) is 0 Å². The molecule has 1 atom stereocenters. The van der Waals surface area contributed by atoms with E-state index >= 15 is 0 Å². The second kappa shape index (κ2) is 6.24. The van der Waals surface area contributed by atoms with E-state index in [1.165, 1.54) is 19.3 Å². The van der Waals surface area contributed by atoms with Crippen molar-refractivity contribution in [1.82, 2.24) is 4.90 Å². The molecule has 58 valence electrons. The van der Waals surface area contributed by atoms with Gasteiger partial charge in [-0.2, -0.15) is 0 Å². The smallest absolute Gasteiger partial charge is 0.411 e. The summed E-state index contributed by atoms with van der Waals surface area (Å²) in [7, 11) is 0. The zero-order valence-electron chi connectivity index (χ0n) is 7.17. The first-order chi connectivity index (χ1) is 4.72. The van der Waals surface area contributed by atoms with Crippen LogP contribution in [0.5, 0.6) is 0 Å². The quantitative estimate of drug-likeness (QED) is 0.280. The van der Waals surface area contributed by atoms with Crippen molar-refractivity contribution in [2.45, 2.75) is 32.2 Å². The fourth-order valence-electron chi connectivity index (χ4n) is 1.37. The minimum absolute atomic E-state index is 0. The van der Waals surface area contributed by atoms with E-state index in [0.29, 0.717) is 10.4 Å². The first-order valence-corrected chi connectivity index (χ1v) is 4.51. The Balaban J connectivity index is 0.000001000. The van der Waals surface area contributed by atoms with Gasteiger partial charge < -0.3 is 29.7 Å². The van der Waals surface area contributed by atoms with E-state index in [1.54, 1.807) is 0 Å². The topological polar surface area (TPSA) is 3.24 Å². The van der Waals surface area contributed by atoms with Crippen LogP contribution in [0.4, 0.5) is 0 Å². The van der Waals surface area contributed by atoms with E-state index in [4.69, 9.17) is 24.8 Å². The summed E-state index contributed by atoms with van der Waals surface area (Å²) in [5.41, 5.74) is 0. The number of thiocarbonyl (C=S) groups is 1. The van der Waals surface area contributed by atoms with Gasteiger partial charge in [0.1, 0.15) is 0 Å². The fraction of sp³-hybridized carbons (Fsp3) is 0.857. The summed E-state index contributed by atoms with van der Waals surface area (Å²) < 4.78 is 0.646. The van der Waals surface area contributed by atoms with Crippen molar-refractivity contribution in [3.63, 3.8) is 0 Å². The molecular weight excluding hydrogens is 201 g/mol. The average molecular weight is 213 g/mol. The minimum Gasteiger partial charge on any atom is -0.411 e. The molecule has 0 amide bonds. The normalized spacial score (nSPS) is 24.1. The summed E-state index contributed by atoms with van der Waals surface area (Å²) in [6, 6.07) is 0.582. The van der Waals surface area contributed by atoms with Crippen LogP contribution in [0.1, 0.15) is 26.2 Å². The Labute approximate surface area is 122 Å². The van der Waals surface area contributed by atoms with Gasteiger partial charge in [-0.05, 0) is 26.2 Å². The van der Waals surface area contributed by atoms with Crippen LogP contribution in [-0.2, 0) is 12.6 Å². The number of hydrogen-bond acceptors (Lipinski definition) is 2. The third-order valence-corrected chi connectivity index (χ3v) is 2.51. The second-order valence-corrected chi connectivity index (χ2v) is 3.84. The molecule has 1 heterocycles. The molecule has 1 nitrogen and oxygen atoms in total. The molecule has 1 unspecified atom stereocenters. The van der Waals surface area contributed by atoms with Crippen LogP contribution >= 0.6 is 12.2 Å². The van der Waals surface area contributed by atoms with Gasteiger partial charge in [0.25, 0.3) is 0 Å². The predicted molar refractivity (Wildman–Crippen MR) is 50.0 cm³/mol. The van der Waals surface area contributed by atoms with E-state index in [9.17, 15) is 0 Å². The van der Waals surface area contributed by atoms with Crippen LogP contribution in [0, 0.1) is 0 Å². The fourth-order valence-corrected chi connectivity index (χ4v) is 1.91. The molecule has 1 saturated heterocycles. The number of nitrogens with zero attached hydrogens (tertiary/aromatic N) is 1. The zero-order chi connectivity index (χ0) is 7.56. The van der Waals surface area contributed by atoms with E-state index in [2.05, 4.69) is 11.8 Å². The number of hydrogen-bond donors (Lipinski definition) is 0. The number of piperidine rings is 1. The van der Waals surface area contributed by atoms with E-state index < -0.39 is 0 Å². The van der Waals surface area contributed by atoms with Crippen LogP contribution < -0.4 is 51.4 Å². The van der Waals surface area contributed by atoms with Crippen molar-refractivity contribution in [2.75, 3.05) is 6.54 Å². The van der Waals surface area contributed by atoms with Crippen molar-refractivity contribution in [3.8, 4) is 0 Å². The molecule has 0 N–H and O–H groups in total. The third-order valence-electron chi connectivity index (χ3n) is 2.04. The van der Waals surface area contributed by atoms with E-state index in [-0.39, 0.29) is 51.4 Å². The van der Waals surface area contributed by atoms with Gasteiger partial charge in [-0.15, -0.1) is 0 Å². The van der Waals surface area contributed by atoms with Crippen LogP contribution in [-0.4, -0.2) is 21.8 Å². The molecule has 0 saturated carbocycles. The SMILES string of the molecule is CC1CCCCN1C(=S)[S-].[K+]. The molecule has 4 heteroatoms. The second-order valence-electron chi connectivity index (χ2n) is 2.80. The summed E-state index contributed by atoms with van der Waals surface area (Å²) in [5.74, 6) is 0. The van der Waals surface area contributed by atoms with Crippen LogP contribution in [0.3, 0.4) is 0 Å². The van der Waals surface area contributed by atoms with Gasteiger partial charge >= 0.3 is 51.4 Å². The zero-order valence-corrected chi connectivity index (χ0v) is 11.9. The van der Waals surface area contributed by atoms with Gasteiger partial charge in [-0.25, -0.2) is 0 Å². The third kappa shape index (κ3) is 3.98. The van der Waals surface area contributed by atoms with Crippen molar-refractivity contribution in [3.05, 3.63) is 0 Å². The maximum atomic E-state index is 4.93. The van der Waals surface area contributed by atoms with Gasteiger partial charge in [0, 0.05) is 12.6 Å². The first kappa shape index (κ1) is 12.7. The van der Waals surface area contributed by atoms with Gasteiger partial charge in [0.15, 0.2) is 0 Å². The summed E-state index contributed by atoms with van der Waals surface area (Å²) in [5, 5.41) is 0. The van der Waals surface area contributed by atoms with Gasteiger partial charge in [-0.1, -0.05) is 4.32 Å². The predicted octanol–water partition coefficient (Wildman–Crippen LogP) is -1.30. The maximum absolute atomic E-state index is 4.93. The van der Waals surface area contributed by atoms with E-state index in [1.807, 2.05) is 0 Å². The molecule has 0 aromatic rings. The monoisotopic (exact) mass is 213 g/mol. The van der Waals surface area contributed by atoms with Crippen molar-refractivity contribution in [2.24, 2.45) is 0 Å². The Morgan fingerprint density at radius 3 is 2.55 bits per heavy atom. The van der Waals surface area contributed by atoms with Gasteiger partial charge in [-0.3, -0.25) is 0 Å². The van der Waals surface area contributed by atoms with E-state index in [0.717, 1.165) is 6.54 Å². The molecule has 1 aliphatic rings. The van der Waals surface area contributed by atoms with Crippen LogP contribution in [0.15, 0.2) is 0 Å². The Kier molecular flexibility index (Phi) is 7.23. The Morgan fingerprint density at radius 1 is 1.55 bits per heavy atom.